The van der Waals surface area contributed by atoms with Gasteiger partial charge in [0.1, 0.15) is 0 Å². The predicted molar refractivity (Wildman–Crippen MR) is 47.2 cm³/mol. The third-order valence-electron chi connectivity index (χ3n) is 2.69. The smallest absolute Gasteiger partial charge is 0.0213 e. The molecule has 60 valence electrons. The van der Waals surface area contributed by atoms with E-state index in [0.29, 0.717) is 0 Å². The van der Waals surface area contributed by atoms with Gasteiger partial charge in [-0.25, -0.2) is 0 Å². The average molecular weight is 149 g/mol. The van der Waals surface area contributed by atoms with Crippen molar-refractivity contribution in [3.63, 3.8) is 0 Å². The molecule has 0 saturated carbocycles. The van der Waals surface area contributed by atoms with Crippen LogP contribution in [0.2, 0.25) is 0 Å². The summed E-state index contributed by atoms with van der Waals surface area (Å²) in [7, 11) is 2.20. The molecule has 0 amide bonds. The summed E-state index contributed by atoms with van der Waals surface area (Å²) in [6.45, 7) is 3.51. The Bertz CT molecular complexity index is 225. The maximum atomic E-state index is 2.40. The molecule has 2 rings (SSSR count). The lowest BCUT2D eigenvalue weighted by Crippen LogP contribution is -2.15. The molecule has 0 spiro atoms. The lowest BCUT2D eigenvalue weighted by Gasteiger charge is -2.21. The molecule has 11 heavy (non-hydrogen) atoms. The van der Waals surface area contributed by atoms with E-state index in [9.17, 15) is 0 Å². The molecule has 0 N–H and O–H groups in total. The third kappa shape index (κ3) is 1.09. The Hall–Kier alpha value is -0.720. The maximum Gasteiger partial charge on any atom is 0.0213 e. The average Bonchev–Trinajstić information content (AvgIpc) is 2.33. The summed E-state index contributed by atoms with van der Waals surface area (Å²) in [4.78, 5) is 2.40. The molecular formula is C10H15N. The van der Waals surface area contributed by atoms with Crippen LogP contribution in [0.4, 0.5) is 0 Å². The molecular weight excluding hydrogens is 134 g/mol. The van der Waals surface area contributed by atoms with E-state index in [4.69, 9.17) is 0 Å². The van der Waals surface area contributed by atoms with E-state index in [2.05, 4.69) is 31.0 Å². The summed E-state index contributed by atoms with van der Waals surface area (Å²) >= 11 is 0. The summed E-state index contributed by atoms with van der Waals surface area (Å²) in [6, 6.07) is 0. The largest absolute Gasteiger partial charge is 0.377 e. The van der Waals surface area contributed by atoms with Crippen LogP contribution in [0.1, 0.15) is 19.8 Å². The van der Waals surface area contributed by atoms with Gasteiger partial charge in [-0.05, 0) is 24.3 Å². The molecule has 0 aromatic carbocycles. The lowest BCUT2D eigenvalue weighted by atomic mass is 9.96. The van der Waals surface area contributed by atoms with Crippen LogP contribution in [0.25, 0.3) is 0 Å². The number of hydrogen-bond acceptors (Lipinski definition) is 1. The van der Waals surface area contributed by atoms with E-state index in [1.165, 1.54) is 19.4 Å². The zero-order valence-electron chi connectivity index (χ0n) is 7.30. The molecule has 1 nitrogen and oxygen atoms in total. The maximum absolute atomic E-state index is 2.40. The van der Waals surface area contributed by atoms with Gasteiger partial charge in [-0.15, -0.1) is 0 Å². The first-order valence-electron chi connectivity index (χ1n) is 4.39. The molecule has 0 saturated heterocycles. The van der Waals surface area contributed by atoms with E-state index >= 15 is 0 Å². The quantitative estimate of drug-likeness (QED) is 0.510. The number of rotatable bonds is 0. The van der Waals surface area contributed by atoms with Gasteiger partial charge in [-0.2, -0.15) is 0 Å². The predicted octanol–water partition coefficient (Wildman–Crippen LogP) is 2.17. The monoisotopic (exact) mass is 149 g/mol. The second-order valence-electron chi connectivity index (χ2n) is 3.68. The van der Waals surface area contributed by atoms with Gasteiger partial charge in [0.05, 0.1) is 0 Å². The molecule has 1 atom stereocenters. The van der Waals surface area contributed by atoms with Crippen LogP contribution in [-0.2, 0) is 0 Å². The topological polar surface area (TPSA) is 3.24 Å². The minimum absolute atomic E-state index is 0.745. The van der Waals surface area contributed by atoms with Gasteiger partial charge in [-0.3, -0.25) is 0 Å². The van der Waals surface area contributed by atoms with Gasteiger partial charge >= 0.3 is 0 Å². The molecule has 0 aromatic heterocycles. The summed E-state index contributed by atoms with van der Waals surface area (Å²) in [5.41, 5.74) is 3.16. The normalized spacial score (nSPS) is 29.6. The fourth-order valence-electron chi connectivity index (χ4n) is 1.93. The molecule has 0 radical (unpaired) electrons. The Morgan fingerprint density at radius 3 is 3.18 bits per heavy atom. The van der Waals surface area contributed by atoms with Crippen molar-refractivity contribution in [1.29, 1.82) is 0 Å². The zero-order valence-corrected chi connectivity index (χ0v) is 7.30. The minimum atomic E-state index is 0.745. The van der Waals surface area contributed by atoms with E-state index in [1.54, 1.807) is 11.3 Å². The minimum Gasteiger partial charge on any atom is -0.377 e. The second-order valence-corrected chi connectivity index (χ2v) is 3.68. The number of nitrogens with zero attached hydrogens (tertiary/aromatic N) is 1. The van der Waals surface area contributed by atoms with Crippen molar-refractivity contribution >= 4 is 0 Å². The first-order chi connectivity index (χ1) is 5.27. The van der Waals surface area contributed by atoms with Crippen LogP contribution in [0.5, 0.6) is 0 Å². The van der Waals surface area contributed by atoms with E-state index in [0.717, 1.165) is 5.92 Å². The molecule has 0 bridgehead atoms. The van der Waals surface area contributed by atoms with Gasteiger partial charge in [0.15, 0.2) is 0 Å². The van der Waals surface area contributed by atoms with Crippen LogP contribution in [0, 0.1) is 5.92 Å². The van der Waals surface area contributed by atoms with Crippen molar-refractivity contribution in [2.24, 2.45) is 5.92 Å². The molecule has 1 aliphatic heterocycles. The molecule has 1 aliphatic carbocycles. The number of hydrogen-bond donors (Lipinski definition) is 0. The van der Waals surface area contributed by atoms with Crippen LogP contribution in [0.3, 0.4) is 0 Å². The highest BCUT2D eigenvalue weighted by atomic mass is 15.1. The summed E-state index contributed by atoms with van der Waals surface area (Å²) in [6.07, 6.45) is 7.16. The van der Waals surface area contributed by atoms with Crippen molar-refractivity contribution in [3.8, 4) is 0 Å². The van der Waals surface area contributed by atoms with Gasteiger partial charge < -0.3 is 4.90 Å². The van der Waals surface area contributed by atoms with Gasteiger partial charge in [0.25, 0.3) is 0 Å². The Morgan fingerprint density at radius 1 is 1.55 bits per heavy atom. The molecule has 1 unspecified atom stereocenters. The Balaban J connectivity index is 2.26. The second kappa shape index (κ2) is 2.40. The fourth-order valence-corrected chi connectivity index (χ4v) is 1.93. The highest BCUT2D eigenvalue weighted by Crippen LogP contribution is 2.31. The van der Waals surface area contributed by atoms with Crippen molar-refractivity contribution < 1.29 is 0 Å². The Morgan fingerprint density at radius 2 is 2.36 bits per heavy atom. The molecule has 0 aromatic rings. The first kappa shape index (κ1) is 6.96. The summed E-state index contributed by atoms with van der Waals surface area (Å²) < 4.78 is 0. The molecule has 0 fully saturated rings. The van der Waals surface area contributed by atoms with Crippen molar-refractivity contribution in [2.75, 3.05) is 13.6 Å². The van der Waals surface area contributed by atoms with E-state index in [1.807, 2.05) is 0 Å². The number of allylic oxidation sites excluding steroid dienone is 3. The van der Waals surface area contributed by atoms with Crippen molar-refractivity contribution in [3.05, 3.63) is 23.4 Å². The van der Waals surface area contributed by atoms with Gasteiger partial charge in [0.2, 0.25) is 0 Å². The summed E-state index contributed by atoms with van der Waals surface area (Å²) in [5, 5.41) is 0. The Labute approximate surface area is 68.4 Å². The first-order valence-corrected chi connectivity index (χ1v) is 4.39. The van der Waals surface area contributed by atoms with Gasteiger partial charge in [-0.1, -0.05) is 19.1 Å². The Kier molecular flexibility index (Phi) is 1.52. The van der Waals surface area contributed by atoms with Gasteiger partial charge in [0, 0.05) is 19.3 Å². The SMILES string of the molecule is CC1C=CC2=C(C1)N(C)CC2. The van der Waals surface area contributed by atoms with E-state index < -0.39 is 0 Å². The molecule has 1 heterocycles. The van der Waals surface area contributed by atoms with Crippen molar-refractivity contribution in [2.45, 2.75) is 19.8 Å². The summed E-state index contributed by atoms with van der Waals surface area (Å²) in [5.74, 6) is 0.745. The van der Waals surface area contributed by atoms with E-state index in [-0.39, 0.29) is 0 Å². The molecule has 1 heteroatoms. The van der Waals surface area contributed by atoms with Crippen LogP contribution >= 0.6 is 0 Å². The van der Waals surface area contributed by atoms with Crippen LogP contribution < -0.4 is 0 Å². The lowest BCUT2D eigenvalue weighted by molar-refractivity contribution is 0.426. The highest BCUT2D eigenvalue weighted by Gasteiger charge is 2.21. The van der Waals surface area contributed by atoms with Crippen molar-refractivity contribution in [1.82, 2.24) is 4.90 Å². The molecule has 2 aliphatic rings. The highest BCUT2D eigenvalue weighted by molar-refractivity contribution is 5.33. The van der Waals surface area contributed by atoms with Crippen LogP contribution in [-0.4, -0.2) is 18.5 Å². The third-order valence-corrected chi connectivity index (χ3v) is 2.69. The zero-order chi connectivity index (χ0) is 7.84. The fraction of sp³-hybridized carbons (Fsp3) is 0.600. The van der Waals surface area contributed by atoms with Crippen LogP contribution in [0.15, 0.2) is 23.4 Å². The standard InChI is InChI=1S/C10H15N/c1-8-3-4-9-5-6-11(2)10(9)7-8/h3-4,8H,5-7H2,1-2H3.